The molecule has 23 heavy (non-hydrogen) atoms. The predicted molar refractivity (Wildman–Crippen MR) is 88.7 cm³/mol. The summed E-state index contributed by atoms with van der Waals surface area (Å²) in [5.41, 5.74) is 0. The van der Waals surface area contributed by atoms with Crippen molar-refractivity contribution in [2.45, 2.75) is 70.4 Å². The van der Waals surface area contributed by atoms with Gasteiger partial charge in [0, 0.05) is 25.8 Å². The van der Waals surface area contributed by atoms with E-state index in [1.807, 2.05) is 17.9 Å². The van der Waals surface area contributed by atoms with Gasteiger partial charge < -0.3 is 15.1 Å². The van der Waals surface area contributed by atoms with Gasteiger partial charge in [-0.3, -0.25) is 9.59 Å². The number of aliphatic hydroxyl groups is 1. The van der Waals surface area contributed by atoms with E-state index in [9.17, 15) is 14.7 Å². The number of amides is 1. The Labute approximate surface area is 138 Å². The van der Waals surface area contributed by atoms with Gasteiger partial charge in [-0.2, -0.15) is 0 Å². The minimum absolute atomic E-state index is 0.0413. The Morgan fingerprint density at radius 3 is 2.83 bits per heavy atom. The van der Waals surface area contributed by atoms with Gasteiger partial charge >= 0.3 is 5.97 Å². The number of likely N-dealkylation sites (tertiary alicyclic amines) is 1. The molecular weight excluding hydrogens is 294 g/mol. The molecule has 0 bridgehead atoms. The van der Waals surface area contributed by atoms with E-state index in [2.05, 4.69) is 11.8 Å². The highest BCUT2D eigenvalue weighted by Crippen LogP contribution is 2.21. The first-order valence-electron chi connectivity index (χ1n) is 8.40. The molecule has 5 heteroatoms. The number of carbonyl (C=O) groups is 2. The van der Waals surface area contributed by atoms with Gasteiger partial charge in [0.25, 0.3) is 0 Å². The maximum atomic E-state index is 11.9. The molecule has 1 aliphatic heterocycles. The van der Waals surface area contributed by atoms with Crippen molar-refractivity contribution in [3.63, 3.8) is 0 Å². The largest absolute Gasteiger partial charge is 0.481 e. The summed E-state index contributed by atoms with van der Waals surface area (Å²) in [5.74, 6) is 4.95. The van der Waals surface area contributed by atoms with Gasteiger partial charge in [0.2, 0.25) is 5.91 Å². The van der Waals surface area contributed by atoms with Crippen LogP contribution in [0.15, 0.2) is 12.2 Å². The van der Waals surface area contributed by atoms with Gasteiger partial charge in [-0.1, -0.05) is 31.8 Å². The lowest BCUT2D eigenvalue weighted by atomic mass is 10.1. The third-order valence-electron chi connectivity index (χ3n) is 3.86. The highest BCUT2D eigenvalue weighted by atomic mass is 16.4. The Balaban J connectivity index is 2.35. The SMILES string of the molecule is CCC#C[C@@H](O)C=C[C@H]1CCC(=O)N1CCCCCCC(=O)O. The number of unbranched alkanes of at least 4 members (excludes halogenated alkanes) is 3. The lowest BCUT2D eigenvalue weighted by molar-refractivity contribution is -0.137. The summed E-state index contributed by atoms with van der Waals surface area (Å²) in [7, 11) is 0. The maximum Gasteiger partial charge on any atom is 0.303 e. The third-order valence-corrected chi connectivity index (χ3v) is 3.86. The molecule has 1 rings (SSSR count). The van der Waals surface area contributed by atoms with Crippen LogP contribution in [0.3, 0.4) is 0 Å². The summed E-state index contributed by atoms with van der Waals surface area (Å²) in [4.78, 5) is 24.2. The minimum atomic E-state index is -0.775. The first kappa shape index (κ1) is 19.2. The van der Waals surface area contributed by atoms with Crippen molar-refractivity contribution in [2.24, 2.45) is 0 Å². The van der Waals surface area contributed by atoms with Gasteiger partial charge in [-0.25, -0.2) is 0 Å². The molecule has 0 radical (unpaired) electrons. The Morgan fingerprint density at radius 2 is 2.13 bits per heavy atom. The molecule has 0 aromatic carbocycles. The summed E-state index contributed by atoms with van der Waals surface area (Å²) >= 11 is 0. The van der Waals surface area contributed by atoms with Crippen molar-refractivity contribution < 1.29 is 19.8 Å². The predicted octanol–water partition coefficient (Wildman–Crippen LogP) is 2.34. The molecule has 0 aliphatic carbocycles. The van der Waals surface area contributed by atoms with Crippen molar-refractivity contribution in [2.75, 3.05) is 6.54 Å². The number of carboxylic acids is 1. The molecule has 1 fully saturated rings. The number of nitrogens with zero attached hydrogens (tertiary/aromatic N) is 1. The van der Waals surface area contributed by atoms with Crippen molar-refractivity contribution in [1.29, 1.82) is 0 Å². The van der Waals surface area contributed by atoms with Gasteiger partial charge in [0.05, 0.1) is 6.04 Å². The van der Waals surface area contributed by atoms with E-state index in [1.165, 1.54) is 0 Å². The molecule has 1 saturated heterocycles. The van der Waals surface area contributed by atoms with E-state index in [-0.39, 0.29) is 18.4 Å². The Hall–Kier alpha value is -1.80. The topological polar surface area (TPSA) is 77.8 Å². The molecule has 0 saturated carbocycles. The van der Waals surface area contributed by atoms with Crippen molar-refractivity contribution >= 4 is 11.9 Å². The molecule has 0 aromatic heterocycles. The van der Waals surface area contributed by atoms with Gasteiger partial charge in [0.1, 0.15) is 6.10 Å². The van der Waals surface area contributed by atoms with Crippen LogP contribution in [0, 0.1) is 11.8 Å². The Bertz CT molecular complexity index is 475. The van der Waals surface area contributed by atoms with E-state index in [0.717, 1.165) is 25.7 Å². The maximum absolute atomic E-state index is 11.9. The number of aliphatic hydroxyl groups excluding tert-OH is 1. The van der Waals surface area contributed by atoms with Crippen LogP contribution in [-0.4, -0.2) is 45.7 Å². The number of hydrogen-bond donors (Lipinski definition) is 2. The lowest BCUT2D eigenvalue weighted by Crippen LogP contribution is -2.32. The molecule has 2 atom stereocenters. The molecule has 0 unspecified atom stereocenters. The fraction of sp³-hybridized carbons (Fsp3) is 0.667. The fourth-order valence-corrected chi connectivity index (χ4v) is 2.65. The van der Waals surface area contributed by atoms with Crippen molar-refractivity contribution in [3.8, 4) is 11.8 Å². The Morgan fingerprint density at radius 1 is 1.39 bits per heavy atom. The fourth-order valence-electron chi connectivity index (χ4n) is 2.65. The summed E-state index contributed by atoms with van der Waals surface area (Å²) in [5, 5.41) is 18.3. The lowest BCUT2D eigenvalue weighted by Gasteiger charge is -2.22. The van der Waals surface area contributed by atoms with Crippen molar-refractivity contribution in [1.82, 2.24) is 4.90 Å². The molecule has 1 heterocycles. The molecule has 2 N–H and O–H groups in total. The molecule has 128 valence electrons. The quantitative estimate of drug-likeness (QED) is 0.388. The number of aliphatic carboxylic acids is 1. The molecule has 1 aliphatic rings. The van der Waals surface area contributed by atoms with Gasteiger partial charge in [-0.05, 0) is 25.3 Å². The average molecular weight is 321 g/mol. The first-order valence-corrected chi connectivity index (χ1v) is 8.40. The second-order valence-electron chi connectivity index (χ2n) is 5.76. The second-order valence-corrected chi connectivity index (χ2v) is 5.76. The first-order chi connectivity index (χ1) is 11.0. The Kier molecular flexibility index (Phi) is 9.08. The molecule has 5 nitrogen and oxygen atoms in total. The zero-order valence-corrected chi connectivity index (χ0v) is 13.8. The molecule has 1 amide bonds. The van der Waals surface area contributed by atoms with Crippen molar-refractivity contribution in [3.05, 3.63) is 12.2 Å². The van der Waals surface area contributed by atoms with E-state index >= 15 is 0 Å². The normalized spacial score (nSPS) is 19.0. The van der Waals surface area contributed by atoms with Crippen LogP contribution < -0.4 is 0 Å². The van der Waals surface area contributed by atoms with E-state index in [1.54, 1.807) is 6.08 Å². The second kappa shape index (κ2) is 10.8. The smallest absolute Gasteiger partial charge is 0.303 e. The van der Waals surface area contributed by atoms with Gasteiger partial charge in [0.15, 0.2) is 0 Å². The monoisotopic (exact) mass is 321 g/mol. The zero-order valence-electron chi connectivity index (χ0n) is 13.8. The average Bonchev–Trinajstić information content (AvgIpc) is 2.86. The van der Waals surface area contributed by atoms with Crippen LogP contribution in [0.25, 0.3) is 0 Å². The number of carboxylic acid groups (broad SMARTS) is 1. The number of rotatable bonds is 9. The van der Waals surface area contributed by atoms with Gasteiger partial charge in [-0.15, -0.1) is 5.92 Å². The minimum Gasteiger partial charge on any atom is -0.481 e. The van der Waals surface area contributed by atoms with E-state index in [4.69, 9.17) is 5.11 Å². The molecule has 0 aromatic rings. The van der Waals surface area contributed by atoms with E-state index in [0.29, 0.717) is 25.8 Å². The molecule has 0 spiro atoms. The van der Waals surface area contributed by atoms with E-state index < -0.39 is 12.1 Å². The summed E-state index contributed by atoms with van der Waals surface area (Å²) in [6.45, 7) is 2.62. The van der Waals surface area contributed by atoms with Crippen LogP contribution in [0.1, 0.15) is 58.3 Å². The molecular formula is C18H27NO4. The summed E-state index contributed by atoms with van der Waals surface area (Å²) < 4.78 is 0. The van der Waals surface area contributed by atoms with Crippen LogP contribution in [0.5, 0.6) is 0 Å². The highest BCUT2D eigenvalue weighted by Gasteiger charge is 2.28. The zero-order chi connectivity index (χ0) is 17.1. The number of carbonyl (C=O) groups excluding carboxylic acids is 1. The van der Waals surface area contributed by atoms with Crippen LogP contribution in [0.2, 0.25) is 0 Å². The summed E-state index contributed by atoms with van der Waals surface area (Å²) in [6.07, 6.45) is 8.39. The van der Waals surface area contributed by atoms with Crippen LogP contribution >= 0.6 is 0 Å². The third kappa shape index (κ3) is 7.85. The summed E-state index contributed by atoms with van der Waals surface area (Å²) in [6, 6.07) is 0.0413. The number of hydrogen-bond acceptors (Lipinski definition) is 3. The highest BCUT2D eigenvalue weighted by molar-refractivity contribution is 5.79. The van der Waals surface area contributed by atoms with Crippen LogP contribution in [0.4, 0.5) is 0 Å². The van der Waals surface area contributed by atoms with Crippen LogP contribution in [-0.2, 0) is 9.59 Å². The standard InChI is InChI=1S/C18H27NO4/c1-2-3-8-16(20)12-10-15-11-13-17(21)19(15)14-7-5-4-6-9-18(22)23/h10,12,15-16,20H,2,4-7,9,11,13-14H2,1H3,(H,22,23)/t15-,16+/m0/s1.